The van der Waals surface area contributed by atoms with Gasteiger partial charge in [0.15, 0.2) is 0 Å². The Morgan fingerprint density at radius 2 is 1.54 bits per heavy atom. The summed E-state index contributed by atoms with van der Waals surface area (Å²) in [5.74, 6) is 0.196. The summed E-state index contributed by atoms with van der Waals surface area (Å²) in [7, 11) is -3.67. The number of nitrogens with two attached hydrogens (primary N) is 1. The van der Waals surface area contributed by atoms with Crippen molar-refractivity contribution >= 4 is 28.3 Å². The van der Waals surface area contributed by atoms with Gasteiger partial charge in [-0.3, -0.25) is 4.79 Å². The van der Waals surface area contributed by atoms with Crippen LogP contribution in [-0.4, -0.2) is 33.5 Å². The summed E-state index contributed by atoms with van der Waals surface area (Å²) in [5.41, 5.74) is 10.4. The molecule has 0 heterocycles. The third-order valence-corrected chi connectivity index (χ3v) is 7.89. The molecule has 0 bridgehead atoms. The second kappa shape index (κ2) is 10.1. The minimum absolute atomic E-state index is 0. The smallest absolute Gasteiger partial charge is 0.241 e. The Morgan fingerprint density at radius 3 is 2.07 bits per heavy atom. The molecule has 2 unspecified atom stereocenters. The van der Waals surface area contributed by atoms with E-state index in [-0.39, 0.29) is 37.3 Å². The van der Waals surface area contributed by atoms with Crippen molar-refractivity contribution in [3.8, 4) is 0 Å². The molecule has 0 radical (unpaired) electrons. The lowest BCUT2D eigenvalue weighted by Crippen LogP contribution is -2.41. The highest BCUT2D eigenvalue weighted by Crippen LogP contribution is 2.29. The maximum absolute atomic E-state index is 12.9. The zero-order valence-electron chi connectivity index (χ0n) is 17.5. The van der Waals surface area contributed by atoms with E-state index in [1.54, 1.807) is 0 Å². The molecular weight excluding hydrogens is 398 g/mol. The van der Waals surface area contributed by atoms with Gasteiger partial charge < -0.3 is 11.1 Å². The highest BCUT2D eigenvalue weighted by molar-refractivity contribution is 7.89. The number of carbonyl (C=O) groups is 1. The van der Waals surface area contributed by atoms with Gasteiger partial charge in [0.2, 0.25) is 15.9 Å². The van der Waals surface area contributed by atoms with Gasteiger partial charge in [-0.15, -0.1) is 12.4 Å². The highest BCUT2D eigenvalue weighted by atomic mass is 35.5. The van der Waals surface area contributed by atoms with Crippen LogP contribution in [-0.2, 0) is 14.8 Å². The Morgan fingerprint density at radius 1 is 1.00 bits per heavy atom. The van der Waals surface area contributed by atoms with E-state index in [0.29, 0.717) is 17.4 Å². The second-order valence-electron chi connectivity index (χ2n) is 7.70. The number of benzene rings is 1. The summed E-state index contributed by atoms with van der Waals surface area (Å²) < 4.78 is 28.3. The fourth-order valence-corrected chi connectivity index (χ4v) is 5.66. The summed E-state index contributed by atoms with van der Waals surface area (Å²) in [6.45, 7) is 10.2. The van der Waals surface area contributed by atoms with Gasteiger partial charge in [-0.05, 0) is 87.7 Å². The van der Waals surface area contributed by atoms with Crippen LogP contribution in [0.4, 0.5) is 0 Å². The summed E-state index contributed by atoms with van der Waals surface area (Å²) in [5, 5.41) is 3.00. The summed E-state index contributed by atoms with van der Waals surface area (Å²) in [6, 6.07) is 0.117. The van der Waals surface area contributed by atoms with Crippen LogP contribution in [0.25, 0.3) is 0 Å². The molecular formula is C20H34ClN3O3S. The summed E-state index contributed by atoms with van der Waals surface area (Å²) in [4.78, 5) is 12.5. The van der Waals surface area contributed by atoms with E-state index in [1.807, 2.05) is 34.6 Å². The van der Waals surface area contributed by atoms with Crippen LogP contribution in [0.3, 0.4) is 0 Å². The quantitative estimate of drug-likeness (QED) is 0.617. The molecule has 2 atom stereocenters. The molecule has 8 heteroatoms. The van der Waals surface area contributed by atoms with Crippen molar-refractivity contribution in [1.82, 2.24) is 10.0 Å². The average molecular weight is 432 g/mol. The molecule has 6 nitrogen and oxygen atoms in total. The number of sulfonamides is 1. The molecule has 1 fully saturated rings. The normalized spacial score (nSPS) is 19.4. The van der Waals surface area contributed by atoms with Crippen molar-refractivity contribution in [2.75, 3.05) is 13.1 Å². The van der Waals surface area contributed by atoms with Gasteiger partial charge in [0.25, 0.3) is 0 Å². The predicted octanol–water partition coefficient (Wildman–Crippen LogP) is 2.56. The van der Waals surface area contributed by atoms with E-state index in [1.165, 1.54) is 0 Å². The molecule has 160 valence electrons. The Bertz CT molecular complexity index is 795. The van der Waals surface area contributed by atoms with E-state index in [0.717, 1.165) is 47.1 Å². The number of rotatable bonds is 7. The first-order valence-corrected chi connectivity index (χ1v) is 11.1. The minimum atomic E-state index is -3.67. The highest BCUT2D eigenvalue weighted by Gasteiger charge is 2.27. The predicted molar refractivity (Wildman–Crippen MR) is 116 cm³/mol. The number of amides is 1. The van der Waals surface area contributed by atoms with Crippen LogP contribution in [0.2, 0.25) is 0 Å². The summed E-state index contributed by atoms with van der Waals surface area (Å²) >= 11 is 0. The molecule has 4 N–H and O–H groups in total. The van der Waals surface area contributed by atoms with Crippen LogP contribution >= 0.6 is 12.4 Å². The Hall–Kier alpha value is -1.15. The van der Waals surface area contributed by atoms with E-state index in [2.05, 4.69) is 10.0 Å². The molecule has 1 aliphatic carbocycles. The first-order valence-electron chi connectivity index (χ1n) is 9.66. The topological polar surface area (TPSA) is 101 Å². The van der Waals surface area contributed by atoms with Gasteiger partial charge in [0.1, 0.15) is 0 Å². The van der Waals surface area contributed by atoms with Gasteiger partial charge >= 0.3 is 0 Å². The van der Waals surface area contributed by atoms with Crippen molar-refractivity contribution in [2.45, 2.75) is 71.2 Å². The first kappa shape index (κ1) is 24.9. The molecule has 1 aromatic rings. The number of nitrogens with one attached hydrogen (secondary N) is 2. The van der Waals surface area contributed by atoms with Gasteiger partial charge in [-0.2, -0.15) is 0 Å². The number of halogens is 1. The van der Waals surface area contributed by atoms with Crippen LogP contribution in [0, 0.1) is 40.5 Å². The van der Waals surface area contributed by atoms with Crippen molar-refractivity contribution in [1.29, 1.82) is 0 Å². The van der Waals surface area contributed by atoms with E-state index >= 15 is 0 Å². The van der Waals surface area contributed by atoms with Crippen molar-refractivity contribution < 1.29 is 13.2 Å². The number of carbonyl (C=O) groups excluding carboxylic acids is 1. The van der Waals surface area contributed by atoms with Crippen molar-refractivity contribution in [3.63, 3.8) is 0 Å². The lowest BCUT2D eigenvalue weighted by molar-refractivity contribution is -0.121. The molecule has 1 saturated carbocycles. The van der Waals surface area contributed by atoms with E-state index in [4.69, 9.17) is 5.73 Å². The minimum Gasteiger partial charge on any atom is -0.353 e. The van der Waals surface area contributed by atoms with Crippen LogP contribution < -0.4 is 15.8 Å². The maximum Gasteiger partial charge on any atom is 0.241 e. The molecule has 0 saturated heterocycles. The second-order valence-corrected chi connectivity index (χ2v) is 9.41. The molecule has 1 aromatic carbocycles. The van der Waals surface area contributed by atoms with Crippen molar-refractivity contribution in [3.05, 3.63) is 27.8 Å². The Balaban J connectivity index is 0.00000392. The molecule has 28 heavy (non-hydrogen) atoms. The SMILES string of the molecule is Cc1c(C)c(C)c(S(=O)(=O)NCCC(=O)NC2CCCC2CN)c(C)c1C.Cl. The lowest BCUT2D eigenvalue weighted by atomic mass is 9.95. The van der Waals surface area contributed by atoms with Crippen LogP contribution in [0.5, 0.6) is 0 Å². The molecule has 0 aliphatic heterocycles. The van der Waals surface area contributed by atoms with Gasteiger partial charge in [-0.1, -0.05) is 6.42 Å². The van der Waals surface area contributed by atoms with E-state index < -0.39 is 10.0 Å². The van der Waals surface area contributed by atoms with Gasteiger partial charge in [-0.25, -0.2) is 13.1 Å². The number of hydrogen-bond acceptors (Lipinski definition) is 4. The van der Waals surface area contributed by atoms with Crippen LogP contribution in [0.1, 0.15) is 53.5 Å². The molecule has 0 spiro atoms. The third-order valence-electron chi connectivity index (χ3n) is 6.15. The fourth-order valence-electron chi connectivity index (χ4n) is 4.03. The van der Waals surface area contributed by atoms with Crippen LogP contribution in [0.15, 0.2) is 4.90 Å². The van der Waals surface area contributed by atoms with E-state index in [9.17, 15) is 13.2 Å². The zero-order chi connectivity index (χ0) is 20.4. The molecule has 2 rings (SSSR count). The van der Waals surface area contributed by atoms with Gasteiger partial charge in [0.05, 0.1) is 4.90 Å². The Labute approximate surface area is 175 Å². The average Bonchev–Trinajstić information content (AvgIpc) is 3.05. The standard InChI is InChI=1S/C20H33N3O3S.ClH/c1-12-13(2)15(4)20(16(5)14(12)3)27(25,26)22-10-9-19(24)23-18-8-6-7-17(18)11-21;/h17-18,22H,6-11,21H2,1-5H3,(H,23,24);1H. The molecule has 1 aliphatic rings. The molecule has 0 aromatic heterocycles. The third kappa shape index (κ3) is 5.26. The summed E-state index contributed by atoms with van der Waals surface area (Å²) in [6.07, 6.45) is 3.18. The monoisotopic (exact) mass is 431 g/mol. The Kier molecular flexibility index (Phi) is 8.93. The zero-order valence-corrected chi connectivity index (χ0v) is 19.1. The van der Waals surface area contributed by atoms with Crippen molar-refractivity contribution in [2.24, 2.45) is 11.7 Å². The van der Waals surface area contributed by atoms with Gasteiger partial charge in [0, 0.05) is 19.0 Å². The fraction of sp³-hybridized carbons (Fsp3) is 0.650. The maximum atomic E-state index is 12.9. The first-order chi connectivity index (χ1) is 12.6. The molecule has 1 amide bonds. The largest absolute Gasteiger partial charge is 0.353 e. The lowest BCUT2D eigenvalue weighted by Gasteiger charge is -2.20. The number of hydrogen-bond donors (Lipinski definition) is 3.